The number of hydrogen-bond donors (Lipinski definition) is 1. The average Bonchev–Trinajstić information content (AvgIpc) is 2.45. The highest BCUT2D eigenvalue weighted by atomic mass is 35.5. The molecule has 2 amide bonds. The van der Waals surface area contributed by atoms with Gasteiger partial charge in [-0.1, -0.05) is 24.9 Å². The molecule has 1 aromatic carbocycles. The van der Waals surface area contributed by atoms with Gasteiger partial charge in [0.1, 0.15) is 0 Å². The SMILES string of the molecule is CCCCN(C)C(=O)Nc1cc(C(=O)OC)ccc1Cl. The molecule has 1 aromatic rings. The van der Waals surface area contributed by atoms with Gasteiger partial charge >= 0.3 is 12.0 Å². The summed E-state index contributed by atoms with van der Waals surface area (Å²) in [6.07, 6.45) is 1.94. The quantitative estimate of drug-likeness (QED) is 0.848. The number of hydrogen-bond acceptors (Lipinski definition) is 3. The molecule has 5 nitrogen and oxygen atoms in total. The van der Waals surface area contributed by atoms with Crippen LogP contribution in [0.5, 0.6) is 0 Å². The summed E-state index contributed by atoms with van der Waals surface area (Å²) in [4.78, 5) is 25.0. The lowest BCUT2D eigenvalue weighted by molar-refractivity contribution is 0.0600. The second kappa shape index (κ2) is 7.75. The maximum Gasteiger partial charge on any atom is 0.337 e. The Bertz CT molecular complexity index is 491. The highest BCUT2D eigenvalue weighted by Gasteiger charge is 2.13. The van der Waals surface area contributed by atoms with E-state index in [4.69, 9.17) is 11.6 Å². The molecule has 0 aliphatic rings. The number of nitrogens with zero attached hydrogens (tertiary/aromatic N) is 1. The first-order valence-corrected chi connectivity index (χ1v) is 6.77. The Morgan fingerprint density at radius 3 is 2.70 bits per heavy atom. The number of benzene rings is 1. The van der Waals surface area contributed by atoms with E-state index in [2.05, 4.69) is 17.0 Å². The Hall–Kier alpha value is -1.75. The molecule has 0 bridgehead atoms. The number of esters is 1. The lowest BCUT2D eigenvalue weighted by Gasteiger charge is -2.18. The fourth-order valence-electron chi connectivity index (χ4n) is 1.57. The maximum absolute atomic E-state index is 12.0. The molecule has 0 spiro atoms. The van der Waals surface area contributed by atoms with Crippen LogP contribution in [0.4, 0.5) is 10.5 Å². The number of amides is 2. The van der Waals surface area contributed by atoms with Gasteiger partial charge < -0.3 is 15.0 Å². The fourth-order valence-corrected chi connectivity index (χ4v) is 1.74. The van der Waals surface area contributed by atoms with Crippen LogP contribution in [0.15, 0.2) is 18.2 Å². The third-order valence-corrected chi connectivity index (χ3v) is 3.15. The normalized spacial score (nSPS) is 10.0. The summed E-state index contributed by atoms with van der Waals surface area (Å²) >= 11 is 6.01. The predicted molar refractivity (Wildman–Crippen MR) is 79.3 cm³/mol. The van der Waals surface area contributed by atoms with Crippen molar-refractivity contribution in [2.45, 2.75) is 19.8 Å². The summed E-state index contributed by atoms with van der Waals surface area (Å²) in [5.74, 6) is -0.475. The van der Waals surface area contributed by atoms with E-state index in [-0.39, 0.29) is 6.03 Å². The van der Waals surface area contributed by atoms with Crippen LogP contribution in [0.1, 0.15) is 30.1 Å². The van der Waals surface area contributed by atoms with Crippen LogP contribution >= 0.6 is 11.6 Å². The summed E-state index contributed by atoms with van der Waals surface area (Å²) in [6, 6.07) is 4.34. The van der Waals surface area contributed by atoms with Gasteiger partial charge in [0.05, 0.1) is 23.4 Å². The highest BCUT2D eigenvalue weighted by Crippen LogP contribution is 2.23. The van der Waals surface area contributed by atoms with Crippen molar-refractivity contribution < 1.29 is 14.3 Å². The highest BCUT2D eigenvalue weighted by molar-refractivity contribution is 6.33. The Kier molecular flexibility index (Phi) is 6.31. The van der Waals surface area contributed by atoms with Gasteiger partial charge in [-0.2, -0.15) is 0 Å². The minimum absolute atomic E-state index is 0.262. The third-order valence-electron chi connectivity index (χ3n) is 2.82. The number of unbranched alkanes of at least 4 members (excludes halogenated alkanes) is 1. The number of nitrogens with one attached hydrogen (secondary N) is 1. The largest absolute Gasteiger partial charge is 0.465 e. The number of ether oxygens (including phenoxy) is 1. The van der Waals surface area contributed by atoms with Crippen LogP contribution in [-0.2, 0) is 4.74 Å². The van der Waals surface area contributed by atoms with Crippen LogP contribution < -0.4 is 5.32 Å². The van der Waals surface area contributed by atoms with Crippen molar-refractivity contribution in [2.24, 2.45) is 0 Å². The van der Waals surface area contributed by atoms with Crippen molar-refractivity contribution in [2.75, 3.05) is 26.0 Å². The zero-order chi connectivity index (χ0) is 15.1. The number of rotatable bonds is 5. The first-order valence-electron chi connectivity index (χ1n) is 6.39. The number of methoxy groups -OCH3 is 1. The predicted octanol–water partition coefficient (Wildman–Crippen LogP) is 3.39. The van der Waals surface area contributed by atoms with Gasteiger partial charge in [-0.25, -0.2) is 9.59 Å². The molecular weight excluding hydrogens is 280 g/mol. The molecule has 0 aliphatic carbocycles. The van der Waals surface area contributed by atoms with Gasteiger partial charge in [-0.05, 0) is 24.6 Å². The molecule has 1 N–H and O–H groups in total. The monoisotopic (exact) mass is 298 g/mol. The van der Waals surface area contributed by atoms with Crippen LogP contribution in [-0.4, -0.2) is 37.6 Å². The van der Waals surface area contributed by atoms with E-state index < -0.39 is 5.97 Å². The fraction of sp³-hybridized carbons (Fsp3) is 0.429. The molecule has 0 aliphatic heterocycles. The zero-order valence-corrected chi connectivity index (χ0v) is 12.7. The van der Waals surface area contributed by atoms with Crippen LogP contribution in [0.3, 0.4) is 0 Å². The molecule has 0 radical (unpaired) electrons. The van der Waals surface area contributed by atoms with E-state index in [0.717, 1.165) is 12.8 Å². The average molecular weight is 299 g/mol. The van der Waals surface area contributed by atoms with E-state index in [9.17, 15) is 9.59 Å². The zero-order valence-electron chi connectivity index (χ0n) is 11.9. The Balaban J connectivity index is 2.80. The second-order valence-electron chi connectivity index (χ2n) is 4.39. The maximum atomic E-state index is 12.0. The number of urea groups is 1. The first-order chi connectivity index (χ1) is 9.49. The van der Waals surface area contributed by atoms with Gasteiger partial charge in [0.2, 0.25) is 0 Å². The lowest BCUT2D eigenvalue weighted by Crippen LogP contribution is -2.32. The summed E-state index contributed by atoms with van der Waals surface area (Å²) in [5, 5.41) is 3.06. The standard InChI is InChI=1S/C14H19ClN2O3/c1-4-5-8-17(2)14(19)16-12-9-10(13(18)20-3)6-7-11(12)15/h6-7,9H,4-5,8H2,1-3H3,(H,16,19). The van der Waals surface area contributed by atoms with Crippen molar-refractivity contribution in [3.05, 3.63) is 28.8 Å². The minimum atomic E-state index is -0.475. The second-order valence-corrected chi connectivity index (χ2v) is 4.80. The molecule has 0 fully saturated rings. The minimum Gasteiger partial charge on any atom is -0.465 e. The summed E-state index contributed by atoms with van der Waals surface area (Å²) < 4.78 is 4.63. The molecule has 6 heteroatoms. The number of carbonyl (C=O) groups is 2. The molecule has 0 aromatic heterocycles. The number of carbonyl (C=O) groups excluding carboxylic acids is 2. The van der Waals surface area contributed by atoms with E-state index in [0.29, 0.717) is 22.8 Å². The van der Waals surface area contributed by atoms with Crippen molar-refractivity contribution in [1.29, 1.82) is 0 Å². The summed E-state index contributed by atoms with van der Waals surface area (Å²) in [7, 11) is 3.01. The molecule has 0 heterocycles. The molecule has 0 atom stereocenters. The Labute approximate surface area is 123 Å². The van der Waals surface area contributed by atoms with E-state index in [1.165, 1.54) is 13.2 Å². The molecule has 1 rings (SSSR count). The molecule has 0 unspecified atom stereocenters. The lowest BCUT2D eigenvalue weighted by atomic mass is 10.2. The van der Waals surface area contributed by atoms with Gasteiger partial charge in [0, 0.05) is 13.6 Å². The van der Waals surface area contributed by atoms with Crippen LogP contribution in [0.25, 0.3) is 0 Å². The summed E-state index contributed by atoms with van der Waals surface area (Å²) in [6.45, 7) is 2.72. The van der Waals surface area contributed by atoms with E-state index >= 15 is 0 Å². The van der Waals surface area contributed by atoms with E-state index in [1.807, 2.05) is 0 Å². The Morgan fingerprint density at radius 1 is 1.40 bits per heavy atom. The van der Waals surface area contributed by atoms with Gasteiger partial charge in [-0.15, -0.1) is 0 Å². The molecule has 20 heavy (non-hydrogen) atoms. The first kappa shape index (κ1) is 16.3. The van der Waals surface area contributed by atoms with Crippen molar-refractivity contribution in [1.82, 2.24) is 4.90 Å². The smallest absolute Gasteiger partial charge is 0.337 e. The van der Waals surface area contributed by atoms with Crippen LogP contribution in [0, 0.1) is 0 Å². The number of anilines is 1. The van der Waals surface area contributed by atoms with Gasteiger partial charge in [-0.3, -0.25) is 0 Å². The van der Waals surface area contributed by atoms with Gasteiger partial charge in [0.25, 0.3) is 0 Å². The topological polar surface area (TPSA) is 58.6 Å². The third kappa shape index (κ3) is 4.42. The molecule has 110 valence electrons. The van der Waals surface area contributed by atoms with Crippen LogP contribution in [0.2, 0.25) is 5.02 Å². The molecule has 0 saturated carbocycles. The summed E-state index contributed by atoms with van der Waals surface area (Å²) in [5.41, 5.74) is 0.728. The Morgan fingerprint density at radius 2 is 2.10 bits per heavy atom. The number of halogens is 1. The molecule has 0 saturated heterocycles. The molecular formula is C14H19ClN2O3. The van der Waals surface area contributed by atoms with Crippen molar-refractivity contribution >= 4 is 29.3 Å². The van der Waals surface area contributed by atoms with E-state index in [1.54, 1.807) is 24.1 Å². The van der Waals surface area contributed by atoms with Crippen molar-refractivity contribution in [3.63, 3.8) is 0 Å². The van der Waals surface area contributed by atoms with Crippen molar-refractivity contribution in [3.8, 4) is 0 Å². The van der Waals surface area contributed by atoms with Gasteiger partial charge in [0.15, 0.2) is 0 Å².